The van der Waals surface area contributed by atoms with Crippen molar-refractivity contribution in [1.29, 1.82) is 0 Å². The summed E-state index contributed by atoms with van der Waals surface area (Å²) in [6, 6.07) is 7.56. The van der Waals surface area contributed by atoms with Crippen LogP contribution in [-0.4, -0.2) is 57.5 Å². The molecule has 3 heterocycles. The first-order chi connectivity index (χ1) is 14.0. The van der Waals surface area contributed by atoms with Gasteiger partial charge in [0.15, 0.2) is 5.65 Å². The molecule has 0 bridgehead atoms. The van der Waals surface area contributed by atoms with Crippen molar-refractivity contribution in [3.05, 3.63) is 47.9 Å². The summed E-state index contributed by atoms with van der Waals surface area (Å²) in [5, 5.41) is 8.36. The van der Waals surface area contributed by atoms with Crippen molar-refractivity contribution < 1.29 is 9.53 Å². The highest BCUT2D eigenvalue weighted by atomic mass is 16.5. The van der Waals surface area contributed by atoms with Gasteiger partial charge in [-0.1, -0.05) is 18.2 Å². The van der Waals surface area contributed by atoms with E-state index in [1.807, 2.05) is 35.9 Å². The second kappa shape index (κ2) is 8.16. The van der Waals surface area contributed by atoms with Gasteiger partial charge in [0.25, 0.3) is 5.91 Å². The van der Waals surface area contributed by atoms with E-state index in [4.69, 9.17) is 4.74 Å². The van der Waals surface area contributed by atoms with Gasteiger partial charge in [-0.15, -0.1) is 0 Å². The summed E-state index contributed by atoms with van der Waals surface area (Å²) in [7, 11) is 0. The molecular formula is C21H26N6O2. The molecule has 2 aromatic heterocycles. The Hall–Kier alpha value is -3.00. The molecule has 0 spiro atoms. The van der Waals surface area contributed by atoms with Crippen molar-refractivity contribution in [2.24, 2.45) is 0 Å². The van der Waals surface area contributed by atoms with Crippen molar-refractivity contribution in [1.82, 2.24) is 25.1 Å². The van der Waals surface area contributed by atoms with Crippen LogP contribution in [0.3, 0.4) is 0 Å². The fraction of sp³-hybridized carbons (Fsp3) is 0.429. The molecule has 4 rings (SSSR count). The summed E-state index contributed by atoms with van der Waals surface area (Å²) < 4.78 is 7.64. The van der Waals surface area contributed by atoms with Crippen LogP contribution < -0.4 is 10.2 Å². The first kappa shape index (κ1) is 19.3. The lowest BCUT2D eigenvalue weighted by atomic mass is 10.1. The summed E-state index contributed by atoms with van der Waals surface area (Å²) in [4.78, 5) is 23.6. The van der Waals surface area contributed by atoms with Crippen molar-refractivity contribution in [2.75, 3.05) is 24.5 Å². The van der Waals surface area contributed by atoms with Crippen LogP contribution in [0, 0.1) is 6.92 Å². The molecule has 0 aliphatic carbocycles. The molecule has 2 unspecified atom stereocenters. The topological polar surface area (TPSA) is 85.2 Å². The lowest BCUT2D eigenvalue weighted by Crippen LogP contribution is -2.45. The zero-order valence-corrected chi connectivity index (χ0v) is 17.0. The van der Waals surface area contributed by atoms with Gasteiger partial charge in [-0.05, 0) is 32.4 Å². The zero-order valence-electron chi connectivity index (χ0n) is 17.0. The van der Waals surface area contributed by atoms with Crippen molar-refractivity contribution in [2.45, 2.75) is 39.5 Å². The van der Waals surface area contributed by atoms with E-state index in [2.05, 4.69) is 39.1 Å². The third-order valence-corrected chi connectivity index (χ3v) is 5.13. The predicted molar refractivity (Wildman–Crippen MR) is 111 cm³/mol. The molecule has 1 aromatic carbocycles. The second-order valence-electron chi connectivity index (χ2n) is 7.54. The number of nitrogens with zero attached hydrogens (tertiary/aromatic N) is 5. The number of amides is 1. The minimum Gasteiger partial charge on any atom is -0.372 e. The number of fused-ring (bicyclic) bond motifs is 1. The number of aromatic nitrogens is 4. The van der Waals surface area contributed by atoms with Gasteiger partial charge < -0.3 is 15.0 Å². The Morgan fingerprint density at radius 3 is 2.72 bits per heavy atom. The number of hydrogen-bond acceptors (Lipinski definition) is 6. The van der Waals surface area contributed by atoms with Crippen LogP contribution in [0.1, 0.15) is 29.8 Å². The molecule has 152 valence electrons. The van der Waals surface area contributed by atoms with E-state index in [0.717, 1.165) is 35.5 Å². The summed E-state index contributed by atoms with van der Waals surface area (Å²) in [5.74, 6) is 0.804. The maximum Gasteiger partial charge on any atom is 0.251 e. The van der Waals surface area contributed by atoms with Crippen LogP contribution in [0.5, 0.6) is 0 Å². The average molecular weight is 394 g/mol. The van der Waals surface area contributed by atoms with Crippen molar-refractivity contribution in [3.63, 3.8) is 0 Å². The van der Waals surface area contributed by atoms with E-state index in [9.17, 15) is 4.79 Å². The molecule has 8 nitrogen and oxygen atoms in total. The first-order valence-corrected chi connectivity index (χ1v) is 9.93. The highest BCUT2D eigenvalue weighted by Crippen LogP contribution is 2.25. The van der Waals surface area contributed by atoms with E-state index in [-0.39, 0.29) is 18.1 Å². The number of benzene rings is 1. The van der Waals surface area contributed by atoms with Crippen LogP contribution in [0.2, 0.25) is 0 Å². The molecule has 0 radical (unpaired) electrons. The number of carbonyl (C=O) groups excluding carboxylic acids is 1. The lowest BCUT2D eigenvalue weighted by Gasteiger charge is -2.36. The van der Waals surface area contributed by atoms with Crippen LogP contribution in [0.15, 0.2) is 36.8 Å². The maximum absolute atomic E-state index is 12.4. The Kier molecular flexibility index (Phi) is 5.44. The summed E-state index contributed by atoms with van der Waals surface area (Å²) >= 11 is 0. The Morgan fingerprint density at radius 1 is 1.21 bits per heavy atom. The Labute approximate surface area is 169 Å². The minimum absolute atomic E-state index is 0.0776. The first-order valence-electron chi connectivity index (χ1n) is 9.93. The molecule has 1 fully saturated rings. The van der Waals surface area contributed by atoms with E-state index in [0.29, 0.717) is 18.7 Å². The van der Waals surface area contributed by atoms with Gasteiger partial charge in [-0.2, -0.15) is 5.10 Å². The molecule has 8 heteroatoms. The van der Waals surface area contributed by atoms with Gasteiger partial charge in [0.1, 0.15) is 12.1 Å². The number of anilines is 1. The van der Waals surface area contributed by atoms with Gasteiger partial charge in [0, 0.05) is 25.2 Å². The average Bonchev–Trinajstić information content (AvgIpc) is 3.10. The lowest BCUT2D eigenvalue weighted by molar-refractivity contribution is -0.00537. The van der Waals surface area contributed by atoms with Gasteiger partial charge in [-0.25, -0.2) is 14.6 Å². The van der Waals surface area contributed by atoms with Gasteiger partial charge in [0.2, 0.25) is 0 Å². The van der Waals surface area contributed by atoms with E-state index < -0.39 is 0 Å². The molecule has 29 heavy (non-hydrogen) atoms. The molecule has 1 aliphatic rings. The van der Waals surface area contributed by atoms with E-state index >= 15 is 0 Å². The smallest absolute Gasteiger partial charge is 0.251 e. The van der Waals surface area contributed by atoms with Crippen LogP contribution in [0.4, 0.5) is 5.82 Å². The maximum atomic E-state index is 12.4. The largest absolute Gasteiger partial charge is 0.372 e. The van der Waals surface area contributed by atoms with Gasteiger partial charge in [-0.3, -0.25) is 4.79 Å². The molecular weight excluding hydrogens is 368 g/mol. The summed E-state index contributed by atoms with van der Waals surface area (Å²) in [6.07, 6.45) is 3.68. The number of aryl methyl sites for hydroxylation is 1. The van der Waals surface area contributed by atoms with Gasteiger partial charge >= 0.3 is 0 Å². The van der Waals surface area contributed by atoms with Crippen molar-refractivity contribution >= 4 is 22.8 Å². The van der Waals surface area contributed by atoms with Crippen LogP contribution in [-0.2, 0) is 11.3 Å². The molecule has 1 saturated heterocycles. The van der Waals surface area contributed by atoms with E-state index in [1.54, 1.807) is 12.5 Å². The standard InChI is InChI=1S/C21H26N6O2/c1-14-6-4-5-7-17(14)21(28)22-8-9-27-20-18(10-25-27)19(23-13-24-20)26-11-15(2)29-16(3)12-26/h4-7,10,13,15-16H,8-9,11-12H2,1-3H3,(H,22,28). The van der Waals surface area contributed by atoms with E-state index in [1.165, 1.54) is 0 Å². The predicted octanol–water partition coefficient (Wildman–Crippen LogP) is 2.18. The second-order valence-corrected chi connectivity index (χ2v) is 7.54. The Balaban J connectivity index is 1.47. The normalized spacial score (nSPS) is 19.5. The number of hydrogen-bond donors (Lipinski definition) is 1. The fourth-order valence-corrected chi connectivity index (χ4v) is 3.85. The quantitative estimate of drug-likeness (QED) is 0.714. The Bertz CT molecular complexity index is 1010. The number of nitrogens with one attached hydrogen (secondary N) is 1. The highest BCUT2D eigenvalue weighted by molar-refractivity contribution is 5.95. The SMILES string of the molecule is Cc1ccccc1C(=O)NCCn1ncc2c(N3CC(C)OC(C)C3)ncnc21. The third-order valence-electron chi connectivity index (χ3n) is 5.13. The number of morpholine rings is 1. The number of rotatable bonds is 5. The molecule has 3 aromatic rings. The summed E-state index contributed by atoms with van der Waals surface area (Å²) in [5.41, 5.74) is 2.42. The molecule has 2 atom stereocenters. The van der Waals surface area contributed by atoms with Crippen molar-refractivity contribution in [3.8, 4) is 0 Å². The van der Waals surface area contributed by atoms with Crippen LogP contribution in [0.25, 0.3) is 11.0 Å². The molecule has 0 saturated carbocycles. The Morgan fingerprint density at radius 2 is 1.97 bits per heavy atom. The highest BCUT2D eigenvalue weighted by Gasteiger charge is 2.25. The molecule has 1 aliphatic heterocycles. The summed E-state index contributed by atoms with van der Waals surface area (Å²) in [6.45, 7) is 8.65. The number of carbonyl (C=O) groups is 1. The number of ether oxygens (including phenoxy) is 1. The monoisotopic (exact) mass is 394 g/mol. The van der Waals surface area contributed by atoms with Crippen LogP contribution >= 0.6 is 0 Å². The minimum atomic E-state index is -0.0776. The molecule has 1 amide bonds. The molecule has 1 N–H and O–H groups in total. The van der Waals surface area contributed by atoms with Gasteiger partial charge in [0.05, 0.1) is 30.3 Å². The third kappa shape index (κ3) is 4.07. The zero-order chi connectivity index (χ0) is 20.4. The fourth-order valence-electron chi connectivity index (χ4n) is 3.85.